The van der Waals surface area contributed by atoms with E-state index in [-0.39, 0.29) is 0 Å². The van der Waals surface area contributed by atoms with E-state index in [4.69, 9.17) is 8.42 Å². The molecule has 0 aliphatic carbocycles. The molecule has 1 heterocycles. The normalized spacial score (nSPS) is 9.69. The van der Waals surface area contributed by atoms with Crippen molar-refractivity contribution in [1.29, 1.82) is 0 Å². The molecule has 0 amide bonds. The topological polar surface area (TPSA) is 73.1 Å². The average molecular weight is 216 g/mol. The lowest BCUT2D eigenvalue weighted by Crippen LogP contribution is -1.85. The third kappa shape index (κ3) is 3.49. The summed E-state index contributed by atoms with van der Waals surface area (Å²) in [5.41, 5.74) is 2.97. The van der Waals surface area contributed by atoms with Gasteiger partial charge in [0.25, 0.3) is 0 Å². The molecule has 2 N–H and O–H groups in total. The van der Waals surface area contributed by atoms with Gasteiger partial charge in [0.2, 0.25) is 0 Å². The molecule has 6 heteroatoms. The van der Waals surface area contributed by atoms with Crippen LogP contribution in [-0.4, -0.2) is 13.4 Å². The molecule has 0 bridgehead atoms. The highest BCUT2D eigenvalue weighted by atomic mass is 32.2. The summed E-state index contributed by atoms with van der Waals surface area (Å²) in [4.78, 5) is 4.14. The molecular formula is C7H8N2O2S2. The van der Waals surface area contributed by atoms with Gasteiger partial charge in [-0.05, 0) is 12.1 Å². The first-order valence-corrected chi connectivity index (χ1v) is 5.50. The molecule has 0 saturated heterocycles. The lowest BCUT2D eigenvalue weighted by Gasteiger charge is -1.80. The van der Waals surface area contributed by atoms with E-state index in [0.29, 0.717) is 0 Å². The molecule has 0 aliphatic heterocycles. The highest BCUT2D eigenvalue weighted by molar-refractivity contribution is 7.69. The van der Waals surface area contributed by atoms with E-state index in [1.54, 1.807) is 11.3 Å². The van der Waals surface area contributed by atoms with Crippen LogP contribution in [0, 0.1) is 0 Å². The molecular weight excluding hydrogens is 208 g/mol. The molecule has 2 rings (SSSR count). The van der Waals surface area contributed by atoms with Crippen LogP contribution in [0.2, 0.25) is 0 Å². The van der Waals surface area contributed by atoms with Crippen molar-refractivity contribution in [1.82, 2.24) is 4.98 Å². The van der Waals surface area contributed by atoms with Gasteiger partial charge in [0.1, 0.15) is 0 Å². The Bertz CT molecular complexity index is 412. The van der Waals surface area contributed by atoms with E-state index in [2.05, 4.69) is 16.2 Å². The van der Waals surface area contributed by atoms with Crippen LogP contribution >= 0.6 is 11.3 Å². The molecule has 0 radical (unpaired) electrons. The quantitative estimate of drug-likeness (QED) is 0.639. The zero-order valence-electron chi connectivity index (χ0n) is 6.58. The summed E-state index contributed by atoms with van der Waals surface area (Å²) in [5.74, 6) is 0. The van der Waals surface area contributed by atoms with E-state index in [1.165, 1.54) is 4.70 Å². The lowest BCUT2D eigenvalue weighted by molar-refractivity contribution is 0.616. The fourth-order valence-electron chi connectivity index (χ4n) is 0.803. The monoisotopic (exact) mass is 216 g/mol. The van der Waals surface area contributed by atoms with E-state index >= 15 is 0 Å². The summed E-state index contributed by atoms with van der Waals surface area (Å²) in [5, 5.41) is 4.06. The van der Waals surface area contributed by atoms with Crippen molar-refractivity contribution < 1.29 is 8.42 Å². The molecule has 0 aliphatic rings. The van der Waals surface area contributed by atoms with Crippen molar-refractivity contribution in [3.63, 3.8) is 0 Å². The van der Waals surface area contributed by atoms with Gasteiger partial charge < -0.3 is 0 Å². The number of rotatable bonds is 0. The fraction of sp³-hybridized carbons (Fsp3) is 0. The zero-order chi connectivity index (χ0) is 9.68. The van der Waals surface area contributed by atoms with Crippen LogP contribution in [0.5, 0.6) is 0 Å². The molecule has 1 aromatic heterocycles. The molecule has 2 aromatic rings. The van der Waals surface area contributed by atoms with Crippen LogP contribution in [0.3, 0.4) is 0 Å². The van der Waals surface area contributed by atoms with Crippen LogP contribution in [0.1, 0.15) is 0 Å². The summed E-state index contributed by atoms with van der Waals surface area (Å²) in [6, 6.07) is 8.13. The largest absolute Gasteiger partial charge is 0.245 e. The maximum absolute atomic E-state index is 8.81. The number of benzene rings is 1. The standard InChI is InChI=1S/C7H5NS.H3NO2S/c1-2-4-7-6(3-1)8-5-9-7;1-4(2)3/h1-5H;4H,(H2,1,2,3). The number of para-hydroxylation sites is 1. The van der Waals surface area contributed by atoms with Gasteiger partial charge in [-0.2, -0.15) is 0 Å². The van der Waals surface area contributed by atoms with E-state index in [1.807, 2.05) is 23.7 Å². The van der Waals surface area contributed by atoms with Gasteiger partial charge in [0, 0.05) is 0 Å². The Morgan fingerprint density at radius 1 is 1.31 bits per heavy atom. The van der Waals surface area contributed by atoms with Gasteiger partial charge >= 0.3 is 0 Å². The van der Waals surface area contributed by atoms with Crippen molar-refractivity contribution >= 4 is 32.4 Å². The maximum Gasteiger partial charge on any atom is 0.198 e. The molecule has 0 spiro atoms. The van der Waals surface area contributed by atoms with Crippen molar-refractivity contribution in [3.8, 4) is 0 Å². The molecule has 0 fully saturated rings. The highest BCUT2D eigenvalue weighted by Gasteiger charge is 1.89. The number of nitrogens with two attached hydrogens (primary N) is 1. The third-order valence-corrected chi connectivity index (χ3v) is 2.05. The maximum atomic E-state index is 8.81. The Balaban J connectivity index is 0.000000184. The van der Waals surface area contributed by atoms with Gasteiger partial charge in [-0.3, -0.25) is 0 Å². The van der Waals surface area contributed by atoms with E-state index < -0.39 is 10.9 Å². The van der Waals surface area contributed by atoms with Gasteiger partial charge in [0.05, 0.1) is 15.7 Å². The van der Waals surface area contributed by atoms with Crippen molar-refractivity contribution in [2.75, 3.05) is 0 Å². The molecule has 0 saturated carbocycles. The first-order chi connectivity index (χ1) is 6.20. The first-order valence-electron chi connectivity index (χ1n) is 3.37. The van der Waals surface area contributed by atoms with E-state index in [0.717, 1.165) is 5.52 Å². The average Bonchev–Trinajstić information content (AvgIpc) is 2.49. The second kappa shape index (κ2) is 4.90. The second-order valence-electron chi connectivity index (χ2n) is 2.11. The molecule has 0 unspecified atom stereocenters. The summed E-state index contributed by atoms with van der Waals surface area (Å²) < 4.78 is 18.9. The smallest absolute Gasteiger partial charge is 0.198 e. The molecule has 13 heavy (non-hydrogen) atoms. The Kier molecular flexibility index (Phi) is 3.81. The molecule has 1 aromatic carbocycles. The summed E-state index contributed by atoms with van der Waals surface area (Å²) in [6.07, 6.45) is 0. The number of hydrogen-bond donors (Lipinski definition) is 2. The molecule has 0 atom stereocenters. The second-order valence-corrected chi connectivity index (χ2v) is 3.56. The predicted molar refractivity (Wildman–Crippen MR) is 54.1 cm³/mol. The number of nitrogens with zero attached hydrogens (tertiary/aromatic N) is 1. The van der Waals surface area contributed by atoms with Gasteiger partial charge in [0.15, 0.2) is 10.9 Å². The number of aromatic nitrogens is 1. The predicted octanol–water partition coefficient (Wildman–Crippen LogP) is 0.768. The van der Waals surface area contributed by atoms with Crippen LogP contribution < -0.4 is 5.14 Å². The Hall–Kier alpha value is -0.980. The van der Waals surface area contributed by atoms with Gasteiger partial charge in [-0.25, -0.2) is 18.5 Å². The number of thiazole rings is 1. The minimum Gasteiger partial charge on any atom is -0.245 e. The van der Waals surface area contributed by atoms with Crippen molar-refractivity contribution in [2.24, 2.45) is 5.14 Å². The highest BCUT2D eigenvalue weighted by Crippen LogP contribution is 2.15. The Labute approximate surface area is 81.1 Å². The summed E-state index contributed by atoms with van der Waals surface area (Å²) in [7, 11) is -2.62. The summed E-state index contributed by atoms with van der Waals surface area (Å²) in [6.45, 7) is 0. The van der Waals surface area contributed by atoms with Gasteiger partial charge in [-0.15, -0.1) is 11.3 Å². The fourth-order valence-corrected chi connectivity index (χ4v) is 1.48. The van der Waals surface area contributed by atoms with Crippen LogP contribution in [-0.2, 0) is 10.9 Å². The molecule has 70 valence electrons. The van der Waals surface area contributed by atoms with Crippen LogP contribution in [0.15, 0.2) is 29.8 Å². The number of thiol groups is 1. The minimum atomic E-state index is -2.62. The third-order valence-electron chi connectivity index (χ3n) is 1.24. The van der Waals surface area contributed by atoms with Gasteiger partial charge in [-0.1, -0.05) is 12.1 Å². The number of hydrogen-bond acceptors (Lipinski definition) is 4. The number of fused-ring (bicyclic) bond motifs is 1. The van der Waals surface area contributed by atoms with Crippen LogP contribution in [0.4, 0.5) is 0 Å². The Morgan fingerprint density at radius 2 is 1.92 bits per heavy atom. The molecule has 4 nitrogen and oxygen atoms in total. The van der Waals surface area contributed by atoms with E-state index in [9.17, 15) is 0 Å². The summed E-state index contributed by atoms with van der Waals surface area (Å²) >= 11 is 1.68. The van der Waals surface area contributed by atoms with Crippen molar-refractivity contribution in [3.05, 3.63) is 29.8 Å². The Morgan fingerprint density at radius 3 is 2.54 bits per heavy atom. The van der Waals surface area contributed by atoms with Crippen LogP contribution in [0.25, 0.3) is 10.2 Å². The van der Waals surface area contributed by atoms with Crippen molar-refractivity contribution in [2.45, 2.75) is 0 Å². The SMILES string of the molecule is N[SH](=O)=O.c1ccc2scnc2c1. The zero-order valence-corrected chi connectivity index (χ0v) is 8.29. The lowest BCUT2D eigenvalue weighted by atomic mass is 10.3. The minimum absolute atomic E-state index is 1.10. The first kappa shape index (κ1) is 10.1.